The molecule has 4 aromatic carbocycles. The van der Waals surface area contributed by atoms with Crippen LogP contribution in [0.5, 0.6) is 23.0 Å². The number of hydrogen-bond acceptors (Lipinski definition) is 6. The van der Waals surface area contributed by atoms with E-state index in [1.807, 2.05) is 61.5 Å². The minimum absolute atomic E-state index is 0. The van der Waals surface area contributed by atoms with Crippen LogP contribution in [0.3, 0.4) is 0 Å². The Morgan fingerprint density at radius 3 is 2.38 bits per heavy atom. The molecule has 1 aliphatic heterocycles. The summed E-state index contributed by atoms with van der Waals surface area (Å²) >= 11 is 0. The van der Waals surface area contributed by atoms with Gasteiger partial charge in [0.05, 0.1) is 17.3 Å². The Morgan fingerprint density at radius 1 is 0.925 bits per heavy atom. The van der Waals surface area contributed by atoms with Crippen molar-refractivity contribution in [2.45, 2.75) is 50.0 Å². The summed E-state index contributed by atoms with van der Waals surface area (Å²) in [7, 11) is -3.30. The highest BCUT2D eigenvalue weighted by Gasteiger charge is 2.17. The van der Waals surface area contributed by atoms with Gasteiger partial charge in [0.1, 0.15) is 23.0 Å². The lowest BCUT2D eigenvalue weighted by Crippen LogP contribution is -2.35. The molecule has 1 heterocycles. The van der Waals surface area contributed by atoms with Crippen LogP contribution in [-0.2, 0) is 9.84 Å². The standard InChI is InChI=1S/C32H35NO5S.ClH/c1-2-21-39(35,36)29-14-6-23(7-15-29)30-16-8-24-22-26(34)9-17-31(24)32(30)38-28-12-10-27(11-13-28)37-20-18-25-5-3-4-19-33-25;/h6-17,22,25,33-34H,2-5,18-21H2,1H3;1H. The summed E-state index contributed by atoms with van der Waals surface area (Å²) in [6, 6.07) is 24.1. The second-order valence-corrected chi connectivity index (χ2v) is 12.2. The quantitative estimate of drug-likeness (QED) is 0.201. The third-order valence-corrected chi connectivity index (χ3v) is 9.08. The zero-order valence-electron chi connectivity index (χ0n) is 22.6. The molecule has 0 radical (unpaired) electrons. The van der Waals surface area contributed by atoms with Crippen LogP contribution in [0.1, 0.15) is 39.0 Å². The molecule has 0 aliphatic carbocycles. The Morgan fingerprint density at radius 2 is 1.68 bits per heavy atom. The van der Waals surface area contributed by atoms with Crippen molar-refractivity contribution in [3.05, 3.63) is 78.9 Å². The van der Waals surface area contributed by atoms with E-state index in [1.54, 1.807) is 24.3 Å². The maximum atomic E-state index is 12.5. The molecule has 1 saturated heterocycles. The molecule has 0 amide bonds. The van der Waals surface area contributed by atoms with Crippen LogP contribution >= 0.6 is 12.4 Å². The van der Waals surface area contributed by atoms with Crippen molar-refractivity contribution in [3.63, 3.8) is 0 Å². The Labute approximate surface area is 242 Å². The molecule has 0 aromatic heterocycles. The number of phenolic OH excluding ortho intramolecular Hbond substituents is 1. The number of nitrogens with one attached hydrogen (secondary N) is 1. The number of piperidine rings is 1. The summed E-state index contributed by atoms with van der Waals surface area (Å²) in [5.74, 6) is 2.38. The lowest BCUT2D eigenvalue weighted by molar-refractivity contribution is 0.268. The molecule has 0 saturated carbocycles. The molecule has 1 atom stereocenters. The van der Waals surface area contributed by atoms with Gasteiger partial charge in [0.15, 0.2) is 9.84 Å². The lowest BCUT2D eigenvalue weighted by Gasteiger charge is -2.23. The van der Waals surface area contributed by atoms with Gasteiger partial charge in [0, 0.05) is 17.0 Å². The van der Waals surface area contributed by atoms with E-state index in [1.165, 1.54) is 19.3 Å². The van der Waals surface area contributed by atoms with Gasteiger partial charge in [-0.05, 0) is 104 Å². The van der Waals surface area contributed by atoms with Crippen LogP contribution < -0.4 is 14.8 Å². The van der Waals surface area contributed by atoms with Crippen molar-refractivity contribution in [1.29, 1.82) is 0 Å². The van der Waals surface area contributed by atoms with Crippen LogP contribution in [0.2, 0.25) is 0 Å². The summed E-state index contributed by atoms with van der Waals surface area (Å²) in [5, 5.41) is 15.2. The van der Waals surface area contributed by atoms with Crippen LogP contribution in [0.25, 0.3) is 21.9 Å². The van der Waals surface area contributed by atoms with E-state index < -0.39 is 9.84 Å². The number of halogens is 1. The van der Waals surface area contributed by atoms with Gasteiger partial charge in [-0.15, -0.1) is 12.4 Å². The molecule has 40 heavy (non-hydrogen) atoms. The van der Waals surface area contributed by atoms with Gasteiger partial charge >= 0.3 is 0 Å². The normalized spacial score (nSPS) is 15.4. The second kappa shape index (κ2) is 13.4. The van der Waals surface area contributed by atoms with Crippen LogP contribution in [0.4, 0.5) is 0 Å². The van der Waals surface area contributed by atoms with Crippen molar-refractivity contribution >= 4 is 33.0 Å². The van der Waals surface area contributed by atoms with Gasteiger partial charge in [-0.25, -0.2) is 8.42 Å². The first-order chi connectivity index (χ1) is 18.9. The highest BCUT2D eigenvalue weighted by Crippen LogP contribution is 2.41. The highest BCUT2D eigenvalue weighted by atomic mass is 35.5. The van der Waals surface area contributed by atoms with Crippen molar-refractivity contribution < 1.29 is 23.0 Å². The maximum Gasteiger partial charge on any atom is 0.178 e. The predicted octanol–water partition coefficient (Wildman–Crippen LogP) is 7.52. The fraction of sp³-hybridized carbons (Fsp3) is 0.312. The molecular weight excluding hydrogens is 546 g/mol. The molecule has 4 aromatic rings. The largest absolute Gasteiger partial charge is 0.508 e. The zero-order valence-corrected chi connectivity index (χ0v) is 24.3. The van der Waals surface area contributed by atoms with Gasteiger partial charge in [-0.3, -0.25) is 0 Å². The first kappa shape index (κ1) is 29.7. The number of ether oxygens (including phenoxy) is 2. The monoisotopic (exact) mass is 581 g/mol. The number of sulfone groups is 1. The fourth-order valence-electron chi connectivity index (χ4n) is 5.07. The summed E-state index contributed by atoms with van der Waals surface area (Å²) in [5.41, 5.74) is 1.67. The fourth-order valence-corrected chi connectivity index (χ4v) is 6.39. The Bertz CT molecular complexity index is 1520. The molecule has 8 heteroatoms. The van der Waals surface area contributed by atoms with Crippen molar-refractivity contribution in [2.75, 3.05) is 18.9 Å². The Kier molecular flexibility index (Phi) is 9.95. The van der Waals surface area contributed by atoms with Gasteiger partial charge in [0.2, 0.25) is 0 Å². The van der Waals surface area contributed by atoms with E-state index in [0.717, 1.165) is 40.6 Å². The molecular formula is C32H36ClNO5S. The van der Waals surface area contributed by atoms with E-state index in [2.05, 4.69) is 5.32 Å². The number of hydrogen-bond donors (Lipinski definition) is 2. The molecule has 212 valence electrons. The average Bonchev–Trinajstić information content (AvgIpc) is 2.95. The zero-order chi connectivity index (χ0) is 27.2. The number of rotatable bonds is 10. The minimum atomic E-state index is -3.30. The lowest BCUT2D eigenvalue weighted by atomic mass is 9.99. The van der Waals surface area contributed by atoms with Gasteiger partial charge in [-0.2, -0.15) is 0 Å². The molecule has 1 fully saturated rings. The van der Waals surface area contributed by atoms with E-state index in [4.69, 9.17) is 9.47 Å². The van der Waals surface area contributed by atoms with Gasteiger partial charge in [0.25, 0.3) is 0 Å². The Hall–Kier alpha value is -3.26. The van der Waals surface area contributed by atoms with E-state index in [9.17, 15) is 13.5 Å². The summed E-state index contributed by atoms with van der Waals surface area (Å²) in [6.45, 7) is 3.61. The van der Waals surface area contributed by atoms with Crippen LogP contribution in [0, 0.1) is 0 Å². The molecule has 0 bridgehead atoms. The highest BCUT2D eigenvalue weighted by molar-refractivity contribution is 7.91. The van der Waals surface area contributed by atoms with Crippen LogP contribution in [-0.4, -0.2) is 38.5 Å². The smallest absolute Gasteiger partial charge is 0.178 e. The Balaban J connectivity index is 0.00000370. The first-order valence-corrected chi connectivity index (χ1v) is 15.3. The topological polar surface area (TPSA) is 84.9 Å². The molecule has 0 spiro atoms. The molecule has 1 unspecified atom stereocenters. The third-order valence-electron chi connectivity index (χ3n) is 7.14. The predicted molar refractivity (Wildman–Crippen MR) is 163 cm³/mol. The number of benzene rings is 4. The second-order valence-electron chi connectivity index (χ2n) is 10.0. The van der Waals surface area contributed by atoms with E-state index in [0.29, 0.717) is 35.5 Å². The van der Waals surface area contributed by atoms with Crippen LogP contribution in [0.15, 0.2) is 83.8 Å². The number of fused-ring (bicyclic) bond motifs is 1. The molecule has 1 aliphatic rings. The third kappa shape index (κ3) is 7.08. The summed E-state index contributed by atoms with van der Waals surface area (Å²) in [4.78, 5) is 0.316. The van der Waals surface area contributed by atoms with Gasteiger partial charge < -0.3 is 19.9 Å². The number of aromatic hydroxyl groups is 1. The first-order valence-electron chi connectivity index (χ1n) is 13.7. The van der Waals surface area contributed by atoms with Gasteiger partial charge in [-0.1, -0.05) is 31.5 Å². The maximum absolute atomic E-state index is 12.5. The molecule has 2 N–H and O–H groups in total. The summed E-state index contributed by atoms with van der Waals surface area (Å²) < 4.78 is 37.4. The SMILES string of the molecule is CCCS(=O)(=O)c1ccc(-c2ccc3cc(O)ccc3c2Oc2ccc(OCCC3CCCCN3)cc2)cc1.Cl. The van der Waals surface area contributed by atoms with E-state index >= 15 is 0 Å². The summed E-state index contributed by atoms with van der Waals surface area (Å²) in [6.07, 6.45) is 5.30. The molecule has 6 nitrogen and oxygen atoms in total. The van der Waals surface area contributed by atoms with Crippen molar-refractivity contribution in [2.24, 2.45) is 0 Å². The number of phenols is 1. The minimum Gasteiger partial charge on any atom is -0.508 e. The van der Waals surface area contributed by atoms with Crippen molar-refractivity contribution in [3.8, 4) is 34.1 Å². The van der Waals surface area contributed by atoms with Crippen molar-refractivity contribution in [1.82, 2.24) is 5.32 Å². The molecule has 5 rings (SSSR count). The van der Waals surface area contributed by atoms with E-state index in [-0.39, 0.29) is 23.9 Å². The average molecular weight is 582 g/mol.